The van der Waals surface area contributed by atoms with Crippen LogP contribution in [0.15, 0.2) is 17.6 Å². The van der Waals surface area contributed by atoms with Gasteiger partial charge in [0.05, 0.1) is 10.9 Å². The Morgan fingerprint density at radius 3 is 2.64 bits per heavy atom. The Kier molecular flexibility index (Phi) is 4.90. The average molecular weight is 319 g/mol. The lowest BCUT2D eigenvalue weighted by Gasteiger charge is -2.10. The Labute approximate surface area is 134 Å². The van der Waals surface area contributed by atoms with Crippen molar-refractivity contribution < 1.29 is 9.59 Å². The topological polar surface area (TPSA) is 67.8 Å². The molecule has 5 nitrogen and oxygen atoms in total. The average Bonchev–Trinajstić information content (AvgIpc) is 3.01. The van der Waals surface area contributed by atoms with Gasteiger partial charge in [-0.1, -0.05) is 11.8 Å². The zero-order valence-corrected chi connectivity index (χ0v) is 14.4. The van der Waals surface area contributed by atoms with Crippen molar-refractivity contribution in [2.24, 2.45) is 0 Å². The van der Waals surface area contributed by atoms with Gasteiger partial charge in [0.25, 0.3) is 0 Å². The van der Waals surface area contributed by atoms with Gasteiger partial charge in [0.2, 0.25) is 0 Å². The van der Waals surface area contributed by atoms with E-state index >= 15 is 0 Å². The van der Waals surface area contributed by atoms with Crippen LogP contribution >= 0.6 is 11.8 Å². The first-order valence-corrected chi connectivity index (χ1v) is 8.16. The third-order valence-electron chi connectivity index (χ3n) is 3.71. The number of carbonyl (C=O) groups excluding carboxylic acids is 2. The summed E-state index contributed by atoms with van der Waals surface area (Å²) in [4.78, 5) is 31.7. The van der Waals surface area contributed by atoms with Gasteiger partial charge < -0.3 is 9.55 Å². The van der Waals surface area contributed by atoms with E-state index in [9.17, 15) is 9.59 Å². The summed E-state index contributed by atoms with van der Waals surface area (Å²) >= 11 is 1.43. The number of nitrogens with one attached hydrogen (secondary N) is 1. The van der Waals surface area contributed by atoms with Crippen LogP contribution in [-0.2, 0) is 6.54 Å². The smallest absolute Gasteiger partial charge is 0.192 e. The predicted octanol–water partition coefficient (Wildman–Crippen LogP) is 3.41. The fourth-order valence-corrected chi connectivity index (χ4v) is 3.58. The van der Waals surface area contributed by atoms with Gasteiger partial charge in [0.15, 0.2) is 16.7 Å². The first kappa shape index (κ1) is 16.5. The number of rotatable bonds is 6. The van der Waals surface area contributed by atoms with Crippen molar-refractivity contribution in [2.75, 3.05) is 0 Å². The Bertz CT molecular complexity index is 715. The number of aromatic nitrogens is 3. The largest absolute Gasteiger partial charge is 0.355 e. The van der Waals surface area contributed by atoms with Crippen LogP contribution in [0.1, 0.15) is 52.9 Å². The van der Waals surface area contributed by atoms with Gasteiger partial charge in [-0.05, 0) is 40.2 Å². The molecule has 1 atom stereocenters. The van der Waals surface area contributed by atoms with Crippen molar-refractivity contribution in [3.05, 3.63) is 34.9 Å². The van der Waals surface area contributed by atoms with Crippen molar-refractivity contribution in [3.8, 4) is 0 Å². The van der Waals surface area contributed by atoms with E-state index in [1.54, 1.807) is 6.20 Å². The van der Waals surface area contributed by atoms with Crippen molar-refractivity contribution >= 4 is 23.3 Å². The minimum absolute atomic E-state index is 0.0104. The summed E-state index contributed by atoms with van der Waals surface area (Å²) in [6.45, 7) is 9.88. The van der Waals surface area contributed by atoms with Crippen molar-refractivity contribution in [2.45, 2.75) is 51.6 Å². The summed E-state index contributed by atoms with van der Waals surface area (Å²) in [5.41, 5.74) is 2.63. The number of Topliss-reactive ketones (excluding diaryl/α,β-unsaturated/α-hetero) is 2. The summed E-state index contributed by atoms with van der Waals surface area (Å²) < 4.78 is 2.00. The van der Waals surface area contributed by atoms with E-state index in [0.29, 0.717) is 11.3 Å². The van der Waals surface area contributed by atoms with Gasteiger partial charge in [-0.3, -0.25) is 9.59 Å². The number of H-pyrrole nitrogens is 1. The third-order valence-corrected chi connectivity index (χ3v) is 4.82. The SMILES string of the molecule is CCn1ccnc1SC(C)C(=O)c1[nH]c(C)c(C(C)=O)c1C. The lowest BCUT2D eigenvalue weighted by Crippen LogP contribution is -2.16. The van der Waals surface area contributed by atoms with Crippen LogP contribution in [0, 0.1) is 13.8 Å². The summed E-state index contributed by atoms with van der Waals surface area (Å²) in [5.74, 6) is -0.0316. The van der Waals surface area contributed by atoms with Crippen LogP contribution in [-0.4, -0.2) is 31.4 Å². The molecule has 22 heavy (non-hydrogen) atoms. The second-order valence-electron chi connectivity index (χ2n) is 5.30. The zero-order valence-electron chi connectivity index (χ0n) is 13.6. The first-order chi connectivity index (χ1) is 10.4. The molecule has 0 spiro atoms. The number of ketones is 2. The van der Waals surface area contributed by atoms with E-state index in [1.807, 2.05) is 38.5 Å². The van der Waals surface area contributed by atoms with Crippen LogP contribution < -0.4 is 0 Å². The highest BCUT2D eigenvalue weighted by atomic mass is 32.2. The van der Waals surface area contributed by atoms with Gasteiger partial charge in [-0.25, -0.2) is 4.98 Å². The molecule has 0 aliphatic rings. The summed E-state index contributed by atoms with van der Waals surface area (Å²) in [5, 5.41) is 0.556. The molecular weight excluding hydrogens is 298 g/mol. The fraction of sp³-hybridized carbons (Fsp3) is 0.438. The monoisotopic (exact) mass is 319 g/mol. The van der Waals surface area contributed by atoms with Gasteiger partial charge >= 0.3 is 0 Å². The number of aromatic amines is 1. The molecule has 2 aromatic heterocycles. The number of thioether (sulfide) groups is 1. The van der Waals surface area contributed by atoms with Crippen LogP contribution in [0.4, 0.5) is 0 Å². The highest BCUT2D eigenvalue weighted by Crippen LogP contribution is 2.27. The molecule has 2 aromatic rings. The minimum Gasteiger partial charge on any atom is -0.355 e. The van der Waals surface area contributed by atoms with E-state index in [4.69, 9.17) is 0 Å². The molecule has 1 N–H and O–H groups in total. The molecule has 0 saturated heterocycles. The van der Waals surface area contributed by atoms with Crippen LogP contribution in [0.25, 0.3) is 0 Å². The second kappa shape index (κ2) is 6.52. The Morgan fingerprint density at radius 2 is 2.09 bits per heavy atom. The van der Waals surface area contributed by atoms with E-state index in [1.165, 1.54) is 18.7 Å². The number of hydrogen-bond donors (Lipinski definition) is 1. The first-order valence-electron chi connectivity index (χ1n) is 7.28. The molecule has 0 fully saturated rings. The highest BCUT2D eigenvalue weighted by Gasteiger charge is 2.25. The molecule has 2 rings (SSSR count). The maximum absolute atomic E-state index is 12.7. The normalized spacial score (nSPS) is 12.4. The number of hydrogen-bond acceptors (Lipinski definition) is 4. The molecule has 0 bridgehead atoms. The quantitative estimate of drug-likeness (QED) is 0.654. The number of nitrogens with zero attached hydrogens (tertiary/aromatic N) is 2. The van der Waals surface area contributed by atoms with Crippen LogP contribution in [0.5, 0.6) is 0 Å². The lowest BCUT2D eigenvalue weighted by molar-refractivity contribution is 0.0988. The Balaban J connectivity index is 2.25. The molecular formula is C16H21N3O2S. The number of imidazole rings is 1. The maximum atomic E-state index is 12.7. The maximum Gasteiger partial charge on any atom is 0.192 e. The molecule has 0 saturated carbocycles. The summed E-state index contributed by atoms with van der Waals surface area (Å²) in [6, 6.07) is 0. The van der Waals surface area contributed by atoms with E-state index in [-0.39, 0.29) is 16.8 Å². The molecule has 1 unspecified atom stereocenters. The predicted molar refractivity (Wildman–Crippen MR) is 87.8 cm³/mol. The second-order valence-corrected chi connectivity index (χ2v) is 6.61. The lowest BCUT2D eigenvalue weighted by atomic mass is 10.0. The summed E-state index contributed by atoms with van der Waals surface area (Å²) in [6.07, 6.45) is 3.64. The number of aryl methyl sites for hydroxylation is 2. The Hall–Kier alpha value is -1.82. The Morgan fingerprint density at radius 1 is 1.41 bits per heavy atom. The molecule has 0 aliphatic heterocycles. The molecule has 6 heteroatoms. The summed E-state index contributed by atoms with van der Waals surface area (Å²) in [7, 11) is 0. The van der Waals surface area contributed by atoms with Gasteiger partial charge in [0.1, 0.15) is 0 Å². The molecule has 0 radical (unpaired) electrons. The van der Waals surface area contributed by atoms with Gasteiger partial charge in [-0.2, -0.15) is 0 Å². The molecule has 0 aromatic carbocycles. The van der Waals surface area contributed by atoms with Gasteiger partial charge in [0, 0.05) is 30.2 Å². The molecule has 118 valence electrons. The standard InChI is InChI=1S/C16H21N3O2S/c1-6-19-8-7-17-16(19)22-12(5)15(21)14-9(2)13(11(4)20)10(3)18-14/h7-8,12,18H,6H2,1-5H3. The highest BCUT2D eigenvalue weighted by molar-refractivity contribution is 8.00. The molecule has 0 amide bonds. The number of carbonyl (C=O) groups is 2. The molecule has 2 heterocycles. The minimum atomic E-state index is -0.274. The van der Waals surface area contributed by atoms with Crippen molar-refractivity contribution in [3.63, 3.8) is 0 Å². The van der Waals surface area contributed by atoms with E-state index < -0.39 is 0 Å². The van der Waals surface area contributed by atoms with Crippen LogP contribution in [0.3, 0.4) is 0 Å². The molecule has 0 aliphatic carbocycles. The van der Waals surface area contributed by atoms with Gasteiger partial charge in [-0.15, -0.1) is 0 Å². The zero-order chi connectivity index (χ0) is 16.4. The van der Waals surface area contributed by atoms with Crippen LogP contribution in [0.2, 0.25) is 0 Å². The van der Waals surface area contributed by atoms with Crippen molar-refractivity contribution in [1.29, 1.82) is 0 Å². The third kappa shape index (κ3) is 3.02. The fourth-order valence-electron chi connectivity index (χ4n) is 2.59. The van der Waals surface area contributed by atoms with E-state index in [2.05, 4.69) is 9.97 Å². The van der Waals surface area contributed by atoms with Crippen molar-refractivity contribution in [1.82, 2.24) is 14.5 Å². The van der Waals surface area contributed by atoms with E-state index in [0.717, 1.165) is 23.0 Å².